The molecule has 1 aromatic rings. The number of benzene rings is 1. The minimum Gasteiger partial charge on any atom is -0.481 e. The van der Waals surface area contributed by atoms with Crippen molar-refractivity contribution >= 4 is 24.5 Å². The molecule has 4 aliphatic carbocycles. The van der Waals surface area contributed by atoms with Crippen LogP contribution in [0.15, 0.2) is 42.0 Å². The molecule has 310 valence electrons. The molecule has 3 saturated carbocycles. The van der Waals surface area contributed by atoms with Crippen molar-refractivity contribution in [2.75, 3.05) is 20.3 Å². The predicted molar refractivity (Wildman–Crippen MR) is 206 cm³/mol. The third-order valence-electron chi connectivity index (χ3n) is 14.1. The summed E-state index contributed by atoms with van der Waals surface area (Å²) in [6.07, 6.45) is 5.14. The van der Waals surface area contributed by atoms with Crippen LogP contribution in [0.25, 0.3) is 0 Å². The summed E-state index contributed by atoms with van der Waals surface area (Å²) in [7, 11) is 1.46. The number of amides is 1. The first-order valence-corrected chi connectivity index (χ1v) is 20.9. The Morgan fingerprint density at radius 3 is 2.39 bits per heavy atom. The largest absolute Gasteiger partial charge is 0.509 e. The van der Waals surface area contributed by atoms with Crippen LogP contribution in [-0.4, -0.2) is 80.6 Å². The minimum absolute atomic E-state index is 0.0387. The van der Waals surface area contributed by atoms with Crippen LogP contribution in [0.2, 0.25) is 0 Å². The van der Waals surface area contributed by atoms with E-state index in [2.05, 4.69) is 25.2 Å². The molecule has 12 nitrogen and oxygen atoms in total. The van der Waals surface area contributed by atoms with E-state index < -0.39 is 65.2 Å². The zero-order valence-corrected chi connectivity index (χ0v) is 34.0. The number of carboxylic acids is 1. The number of methoxy groups -OCH3 is 1. The molecule has 5 aliphatic rings. The number of carbonyl (C=O) groups excluding carboxylic acids is 3. The quantitative estimate of drug-likeness (QED) is 0.0647. The number of alkyl carbamates (subject to hydrolysis) is 1. The average Bonchev–Trinajstić information content (AvgIpc) is 3.75. The van der Waals surface area contributed by atoms with E-state index in [1.165, 1.54) is 13.5 Å². The van der Waals surface area contributed by atoms with E-state index >= 15 is 0 Å². The van der Waals surface area contributed by atoms with Crippen molar-refractivity contribution < 1.29 is 52.7 Å². The van der Waals surface area contributed by atoms with Crippen molar-refractivity contribution in [3.63, 3.8) is 0 Å². The summed E-state index contributed by atoms with van der Waals surface area (Å²) < 4.78 is 36.5. The number of allylic oxidation sites excluding steroid dienone is 1. The van der Waals surface area contributed by atoms with Gasteiger partial charge in [0.25, 0.3) is 0 Å². The summed E-state index contributed by atoms with van der Waals surface area (Å²) in [5, 5.41) is 14.3. The van der Waals surface area contributed by atoms with Crippen molar-refractivity contribution in [3.8, 4) is 0 Å². The van der Waals surface area contributed by atoms with Gasteiger partial charge in [0.05, 0.1) is 18.1 Å². The van der Waals surface area contributed by atoms with Gasteiger partial charge in [0.1, 0.15) is 24.4 Å². The summed E-state index contributed by atoms with van der Waals surface area (Å²) >= 11 is 0. The molecule has 1 heterocycles. The molecule has 1 amide bonds. The lowest BCUT2D eigenvalue weighted by Crippen LogP contribution is -2.65. The van der Waals surface area contributed by atoms with Gasteiger partial charge in [-0.25, -0.2) is 9.59 Å². The summed E-state index contributed by atoms with van der Waals surface area (Å²) in [5.41, 5.74) is -1.98. The Labute approximate surface area is 331 Å². The van der Waals surface area contributed by atoms with Gasteiger partial charge in [-0.05, 0) is 67.8 Å². The zero-order chi connectivity index (χ0) is 40.3. The number of unbranched alkanes of at least 4 members (excludes halogenated alkanes) is 5. The maximum atomic E-state index is 14.0. The molecule has 2 N–H and O–H groups in total. The van der Waals surface area contributed by atoms with E-state index in [9.17, 15) is 24.3 Å². The van der Waals surface area contributed by atoms with Gasteiger partial charge in [0.2, 0.25) is 0 Å². The van der Waals surface area contributed by atoms with Crippen molar-refractivity contribution in [1.29, 1.82) is 0 Å². The number of hydrogen-bond acceptors (Lipinski definition) is 10. The van der Waals surface area contributed by atoms with Crippen LogP contribution in [0, 0.1) is 45.8 Å². The van der Waals surface area contributed by atoms with Gasteiger partial charge < -0.3 is 43.6 Å². The molecule has 1 saturated heterocycles. The third-order valence-corrected chi connectivity index (χ3v) is 14.1. The van der Waals surface area contributed by atoms with Gasteiger partial charge in [-0.1, -0.05) is 108 Å². The van der Waals surface area contributed by atoms with Gasteiger partial charge in [-0.2, -0.15) is 0 Å². The van der Waals surface area contributed by atoms with Gasteiger partial charge in [-0.3, -0.25) is 4.79 Å². The Bertz CT molecular complexity index is 1580. The Hall–Kier alpha value is -3.48. The number of aliphatic carboxylic acids is 1. The first kappa shape index (κ1) is 42.1. The maximum absolute atomic E-state index is 14.0. The SMILES string of the molecule is CCCCCCCCNC(=O)O[C@H]1[C@H](OC(=O)OCc2ccccc2)[C@H](OCC23CC4C(C)CCC4C4(C=O)CC2C=C(C(C)C)C43C(=O)O)O[C@H](C)[C@H]1OC. The lowest BCUT2D eigenvalue weighted by molar-refractivity contribution is -0.307. The molecular formula is C44H63NO11. The number of fused-ring (bicyclic) bond motifs is 2. The van der Waals surface area contributed by atoms with Crippen LogP contribution in [-0.2, 0) is 44.6 Å². The third kappa shape index (κ3) is 7.27. The number of hydrogen-bond donors (Lipinski definition) is 2. The highest BCUT2D eigenvalue weighted by molar-refractivity contribution is 5.90. The van der Waals surface area contributed by atoms with E-state index in [0.717, 1.165) is 62.4 Å². The Morgan fingerprint density at radius 2 is 1.71 bits per heavy atom. The fourth-order valence-electron chi connectivity index (χ4n) is 11.7. The minimum atomic E-state index is -1.47. The molecule has 1 aromatic carbocycles. The van der Waals surface area contributed by atoms with Crippen LogP contribution in [0.3, 0.4) is 0 Å². The monoisotopic (exact) mass is 781 g/mol. The lowest BCUT2D eigenvalue weighted by Gasteiger charge is -2.58. The average molecular weight is 782 g/mol. The Kier molecular flexibility index (Phi) is 13.2. The number of carbonyl (C=O) groups is 4. The molecule has 6 rings (SSSR count). The molecule has 12 atom stereocenters. The van der Waals surface area contributed by atoms with Crippen LogP contribution in [0.4, 0.5) is 9.59 Å². The van der Waals surface area contributed by atoms with Crippen LogP contribution < -0.4 is 5.32 Å². The first-order chi connectivity index (χ1) is 26.9. The number of rotatable bonds is 18. The van der Waals surface area contributed by atoms with Gasteiger partial charge in [0, 0.05) is 19.1 Å². The second kappa shape index (κ2) is 17.6. The number of nitrogens with one attached hydrogen (secondary N) is 1. The summed E-state index contributed by atoms with van der Waals surface area (Å²) in [6.45, 7) is 10.4. The molecule has 7 unspecified atom stereocenters. The van der Waals surface area contributed by atoms with Crippen molar-refractivity contribution in [1.82, 2.24) is 5.32 Å². The fourth-order valence-corrected chi connectivity index (χ4v) is 11.7. The molecule has 56 heavy (non-hydrogen) atoms. The Balaban J connectivity index is 1.29. The highest BCUT2D eigenvalue weighted by atomic mass is 16.8. The fraction of sp³-hybridized carbons (Fsp3) is 0.727. The number of carboxylic acid groups (broad SMARTS) is 1. The first-order valence-electron chi connectivity index (χ1n) is 20.9. The van der Waals surface area contributed by atoms with Crippen LogP contribution in [0.5, 0.6) is 0 Å². The molecule has 0 spiro atoms. The van der Waals surface area contributed by atoms with Crippen LogP contribution in [0.1, 0.15) is 104 Å². The molecule has 0 aromatic heterocycles. The van der Waals surface area contributed by atoms with Gasteiger partial charge >= 0.3 is 18.2 Å². The summed E-state index contributed by atoms with van der Waals surface area (Å²) in [5.74, 6) is -0.894. The van der Waals surface area contributed by atoms with E-state index in [-0.39, 0.29) is 36.9 Å². The second-order valence-electron chi connectivity index (χ2n) is 17.4. The molecule has 4 bridgehead atoms. The number of aldehydes is 1. The molecule has 0 radical (unpaired) electrons. The van der Waals surface area contributed by atoms with Gasteiger partial charge in [-0.15, -0.1) is 0 Å². The van der Waals surface area contributed by atoms with Gasteiger partial charge in [0.15, 0.2) is 18.5 Å². The summed E-state index contributed by atoms with van der Waals surface area (Å²) in [6, 6.07) is 9.16. The van der Waals surface area contributed by atoms with Crippen molar-refractivity contribution in [2.24, 2.45) is 45.8 Å². The standard InChI is InChI=1S/C44H63NO11/c1-7-8-9-10-11-15-20-45-40(49)55-36-35(51-6)29(5)54-38(37(36)56-41(50)52-24-30-16-13-12-14-17-30)53-26-43-23-32-28(4)18-19-33(32)42(25-46)22-31(43)21-34(27(2)3)44(42,43)39(47)48/h12-14,16-17,21,25,27-29,31-33,35-38H,7-11,15,18-20,22-24,26H2,1-6H3,(H,45,49)(H,47,48)/t28?,29-,31?,32?,33?,35-,36-,37+,38-,42?,43?,44?/m1/s1. The predicted octanol–water partition coefficient (Wildman–Crippen LogP) is 7.86. The van der Waals surface area contributed by atoms with Crippen LogP contribution >= 0.6 is 0 Å². The van der Waals surface area contributed by atoms with E-state index in [1.807, 2.05) is 44.2 Å². The van der Waals surface area contributed by atoms with E-state index in [4.69, 9.17) is 28.4 Å². The summed E-state index contributed by atoms with van der Waals surface area (Å²) in [4.78, 5) is 54.4. The number of ether oxygens (including phenoxy) is 6. The topological polar surface area (TPSA) is 156 Å². The normalized spacial score (nSPS) is 36.8. The van der Waals surface area contributed by atoms with Crippen molar-refractivity contribution in [3.05, 3.63) is 47.5 Å². The zero-order valence-electron chi connectivity index (χ0n) is 34.0. The van der Waals surface area contributed by atoms with E-state index in [1.54, 1.807) is 6.92 Å². The molecule has 12 heteroatoms. The lowest BCUT2D eigenvalue weighted by atomic mass is 9.43. The highest BCUT2D eigenvalue weighted by Crippen LogP contribution is 2.82. The molecule has 1 aliphatic heterocycles. The maximum Gasteiger partial charge on any atom is 0.509 e. The smallest absolute Gasteiger partial charge is 0.481 e. The highest BCUT2D eigenvalue weighted by Gasteiger charge is 2.84. The molecular weight excluding hydrogens is 718 g/mol. The van der Waals surface area contributed by atoms with E-state index in [0.29, 0.717) is 25.3 Å². The Morgan fingerprint density at radius 1 is 0.982 bits per heavy atom. The second-order valence-corrected chi connectivity index (χ2v) is 17.4. The molecule has 4 fully saturated rings. The van der Waals surface area contributed by atoms with Crippen molar-refractivity contribution in [2.45, 2.75) is 136 Å².